The molecular formula is C12H12FN3OS. The molecule has 0 aliphatic rings. The molecular weight excluding hydrogens is 253 g/mol. The average Bonchev–Trinajstić information content (AvgIpc) is 2.71. The fourth-order valence-electron chi connectivity index (χ4n) is 1.41. The van der Waals surface area contributed by atoms with E-state index in [1.807, 2.05) is 12.3 Å². The number of carbonyl (C=O) groups excluding carboxylic acids is 1. The number of hydrogen-bond donors (Lipinski definition) is 2. The van der Waals surface area contributed by atoms with Crippen molar-refractivity contribution in [3.05, 3.63) is 40.2 Å². The smallest absolute Gasteiger partial charge is 0.257 e. The third-order valence-electron chi connectivity index (χ3n) is 2.49. The van der Waals surface area contributed by atoms with Crippen LogP contribution in [0.3, 0.4) is 0 Å². The van der Waals surface area contributed by atoms with Crippen molar-refractivity contribution in [1.29, 1.82) is 0 Å². The molecule has 0 atom stereocenters. The van der Waals surface area contributed by atoms with Crippen LogP contribution < -0.4 is 11.1 Å². The molecule has 0 aliphatic heterocycles. The van der Waals surface area contributed by atoms with E-state index in [1.54, 1.807) is 6.92 Å². The van der Waals surface area contributed by atoms with Gasteiger partial charge in [0.15, 0.2) is 5.13 Å². The average molecular weight is 265 g/mol. The van der Waals surface area contributed by atoms with E-state index in [0.717, 1.165) is 5.69 Å². The standard InChI is InChI=1S/C12H12FN3OS/c1-6-5-18-12(15-6)16-11(17)8-3-9(13)7(2)10(14)4-8/h3-5H,14H2,1-2H3,(H,15,16,17). The second-order valence-corrected chi connectivity index (χ2v) is 4.78. The number of amides is 1. The van der Waals surface area contributed by atoms with Crippen LogP contribution in [0.5, 0.6) is 0 Å². The fourth-order valence-corrected chi connectivity index (χ4v) is 2.10. The van der Waals surface area contributed by atoms with E-state index in [4.69, 9.17) is 5.73 Å². The Bertz CT molecular complexity index is 586. The van der Waals surface area contributed by atoms with Crippen molar-refractivity contribution in [2.75, 3.05) is 11.1 Å². The lowest BCUT2D eigenvalue weighted by atomic mass is 10.1. The SMILES string of the molecule is Cc1csc(NC(=O)c2cc(N)c(C)c(F)c2)n1. The van der Waals surface area contributed by atoms with Crippen LogP contribution in [0.2, 0.25) is 0 Å². The van der Waals surface area contributed by atoms with Crippen LogP contribution in [0.1, 0.15) is 21.6 Å². The number of nitrogen functional groups attached to an aromatic ring is 1. The van der Waals surface area contributed by atoms with E-state index in [0.29, 0.717) is 10.7 Å². The van der Waals surface area contributed by atoms with Crippen molar-refractivity contribution in [2.24, 2.45) is 0 Å². The number of halogens is 1. The Kier molecular flexibility index (Phi) is 3.29. The molecule has 0 fully saturated rings. The molecule has 1 aromatic heterocycles. The number of nitrogens with zero attached hydrogens (tertiary/aromatic N) is 1. The Labute approximate surface area is 108 Å². The highest BCUT2D eigenvalue weighted by atomic mass is 32.1. The maximum absolute atomic E-state index is 13.5. The number of aryl methyl sites for hydroxylation is 1. The van der Waals surface area contributed by atoms with E-state index in [-0.39, 0.29) is 11.3 Å². The third kappa shape index (κ3) is 2.48. The molecule has 0 aliphatic carbocycles. The van der Waals surface area contributed by atoms with E-state index in [9.17, 15) is 9.18 Å². The number of nitrogens with one attached hydrogen (secondary N) is 1. The van der Waals surface area contributed by atoms with Crippen molar-refractivity contribution in [3.63, 3.8) is 0 Å². The maximum atomic E-state index is 13.5. The summed E-state index contributed by atoms with van der Waals surface area (Å²) in [5, 5.41) is 4.90. The van der Waals surface area contributed by atoms with Crippen LogP contribution >= 0.6 is 11.3 Å². The van der Waals surface area contributed by atoms with Crippen molar-refractivity contribution < 1.29 is 9.18 Å². The van der Waals surface area contributed by atoms with Gasteiger partial charge in [0.2, 0.25) is 0 Å². The molecule has 3 N–H and O–H groups in total. The first kappa shape index (κ1) is 12.5. The monoisotopic (exact) mass is 265 g/mol. The molecule has 0 saturated heterocycles. The van der Waals surface area contributed by atoms with E-state index < -0.39 is 11.7 Å². The predicted molar refractivity (Wildman–Crippen MR) is 70.4 cm³/mol. The van der Waals surface area contributed by atoms with Crippen LogP contribution in [-0.2, 0) is 0 Å². The number of hydrogen-bond acceptors (Lipinski definition) is 4. The van der Waals surface area contributed by atoms with Crippen LogP contribution in [0.25, 0.3) is 0 Å². The maximum Gasteiger partial charge on any atom is 0.257 e. The van der Waals surface area contributed by atoms with Crippen molar-refractivity contribution >= 4 is 28.1 Å². The molecule has 1 heterocycles. The first-order valence-electron chi connectivity index (χ1n) is 5.26. The highest BCUT2D eigenvalue weighted by Gasteiger charge is 2.12. The van der Waals surface area contributed by atoms with Crippen molar-refractivity contribution in [1.82, 2.24) is 4.98 Å². The highest BCUT2D eigenvalue weighted by molar-refractivity contribution is 7.13. The molecule has 6 heteroatoms. The molecule has 94 valence electrons. The summed E-state index contributed by atoms with van der Waals surface area (Å²) in [5.74, 6) is -0.912. The molecule has 0 unspecified atom stereocenters. The molecule has 0 bridgehead atoms. The minimum atomic E-state index is -0.490. The number of thiazole rings is 1. The Morgan fingerprint density at radius 2 is 2.17 bits per heavy atom. The summed E-state index contributed by atoms with van der Waals surface area (Å²) in [4.78, 5) is 16.0. The number of rotatable bonds is 2. The summed E-state index contributed by atoms with van der Waals surface area (Å²) in [5.41, 5.74) is 7.24. The molecule has 1 aromatic carbocycles. The molecule has 2 aromatic rings. The van der Waals surface area contributed by atoms with Crippen molar-refractivity contribution in [3.8, 4) is 0 Å². The lowest BCUT2D eigenvalue weighted by molar-refractivity contribution is 0.102. The van der Waals surface area contributed by atoms with Gasteiger partial charge in [-0.15, -0.1) is 11.3 Å². The first-order chi connectivity index (χ1) is 8.47. The molecule has 18 heavy (non-hydrogen) atoms. The molecule has 0 spiro atoms. The predicted octanol–water partition coefficient (Wildman–Crippen LogP) is 2.73. The van der Waals surface area contributed by atoms with Crippen LogP contribution in [0, 0.1) is 19.7 Å². The summed E-state index contributed by atoms with van der Waals surface area (Å²) < 4.78 is 13.5. The molecule has 2 rings (SSSR count). The summed E-state index contributed by atoms with van der Waals surface area (Å²) in [6.45, 7) is 3.40. The Hall–Kier alpha value is -1.95. The summed E-state index contributed by atoms with van der Waals surface area (Å²) in [7, 11) is 0. The third-order valence-corrected chi connectivity index (χ3v) is 3.36. The zero-order valence-electron chi connectivity index (χ0n) is 9.95. The van der Waals surface area contributed by atoms with Crippen molar-refractivity contribution in [2.45, 2.75) is 13.8 Å². The van der Waals surface area contributed by atoms with E-state index in [1.165, 1.54) is 23.5 Å². The lowest BCUT2D eigenvalue weighted by Gasteiger charge is -2.06. The fraction of sp³-hybridized carbons (Fsp3) is 0.167. The molecule has 1 amide bonds. The van der Waals surface area contributed by atoms with Gasteiger partial charge in [-0.3, -0.25) is 10.1 Å². The van der Waals surface area contributed by atoms with Gasteiger partial charge in [-0.05, 0) is 26.0 Å². The molecule has 0 saturated carbocycles. The normalized spacial score (nSPS) is 10.4. The van der Waals surface area contributed by atoms with Gasteiger partial charge in [0.05, 0.1) is 5.69 Å². The number of nitrogens with two attached hydrogens (primary N) is 1. The molecule has 4 nitrogen and oxygen atoms in total. The highest BCUT2D eigenvalue weighted by Crippen LogP contribution is 2.20. The second-order valence-electron chi connectivity index (χ2n) is 3.92. The van der Waals surface area contributed by atoms with Crippen LogP contribution in [-0.4, -0.2) is 10.9 Å². The van der Waals surface area contributed by atoms with Gasteiger partial charge >= 0.3 is 0 Å². The number of carbonyl (C=O) groups is 1. The topological polar surface area (TPSA) is 68.0 Å². The summed E-state index contributed by atoms with van der Waals surface area (Å²) >= 11 is 1.32. The Morgan fingerprint density at radius 1 is 1.44 bits per heavy atom. The zero-order valence-corrected chi connectivity index (χ0v) is 10.8. The lowest BCUT2D eigenvalue weighted by Crippen LogP contribution is -2.13. The quantitative estimate of drug-likeness (QED) is 0.820. The largest absolute Gasteiger partial charge is 0.398 e. The van der Waals surface area contributed by atoms with Gasteiger partial charge in [-0.25, -0.2) is 9.37 Å². The van der Waals surface area contributed by atoms with Gasteiger partial charge in [0.1, 0.15) is 5.82 Å². The summed E-state index contributed by atoms with van der Waals surface area (Å²) in [6, 6.07) is 2.62. The van der Waals surface area contributed by atoms with Crippen LogP contribution in [0.4, 0.5) is 15.2 Å². The number of anilines is 2. The number of benzene rings is 1. The summed E-state index contributed by atoms with van der Waals surface area (Å²) in [6.07, 6.45) is 0. The van der Waals surface area contributed by atoms with Gasteiger partial charge in [0, 0.05) is 22.2 Å². The minimum Gasteiger partial charge on any atom is -0.398 e. The van der Waals surface area contributed by atoms with Gasteiger partial charge in [0.25, 0.3) is 5.91 Å². The Morgan fingerprint density at radius 3 is 2.72 bits per heavy atom. The second kappa shape index (κ2) is 4.73. The van der Waals surface area contributed by atoms with E-state index in [2.05, 4.69) is 10.3 Å². The van der Waals surface area contributed by atoms with E-state index >= 15 is 0 Å². The van der Waals surface area contributed by atoms with Crippen LogP contribution in [0.15, 0.2) is 17.5 Å². The van der Waals surface area contributed by atoms with Gasteiger partial charge < -0.3 is 5.73 Å². The van der Waals surface area contributed by atoms with Gasteiger partial charge in [-0.1, -0.05) is 0 Å². The Balaban J connectivity index is 2.24. The first-order valence-corrected chi connectivity index (χ1v) is 6.14. The number of aromatic nitrogens is 1. The minimum absolute atomic E-state index is 0.184. The zero-order chi connectivity index (χ0) is 13.3. The molecule has 0 radical (unpaired) electrons. The van der Waals surface area contributed by atoms with Gasteiger partial charge in [-0.2, -0.15) is 0 Å².